The van der Waals surface area contributed by atoms with Gasteiger partial charge in [-0.3, -0.25) is 4.79 Å². The molecule has 2 heterocycles. The molecular weight excluding hydrogens is 389 g/mol. The van der Waals surface area contributed by atoms with Crippen LogP contribution in [-0.2, 0) is 17.8 Å². The van der Waals surface area contributed by atoms with Crippen LogP contribution in [0.15, 0.2) is 72.8 Å². The van der Waals surface area contributed by atoms with Crippen molar-refractivity contribution in [2.24, 2.45) is 0 Å². The molecule has 5 heteroatoms. The molecule has 3 aromatic carbocycles. The average molecular weight is 413 g/mol. The van der Waals surface area contributed by atoms with Crippen molar-refractivity contribution in [3.05, 3.63) is 95.6 Å². The number of para-hydroxylation sites is 2. The van der Waals surface area contributed by atoms with E-state index in [0.717, 1.165) is 34.5 Å². The highest BCUT2D eigenvalue weighted by Crippen LogP contribution is 2.33. The second-order valence-electron chi connectivity index (χ2n) is 8.10. The largest absolute Gasteiger partial charge is 0.323 e. The number of aromatic nitrogens is 2. The van der Waals surface area contributed by atoms with Crippen LogP contribution in [0.2, 0.25) is 0 Å². The molecule has 1 aromatic heterocycles. The molecule has 4 aromatic rings. The molecule has 1 aliphatic rings. The van der Waals surface area contributed by atoms with E-state index in [1.165, 1.54) is 17.7 Å². The van der Waals surface area contributed by atoms with E-state index >= 15 is 0 Å². The summed E-state index contributed by atoms with van der Waals surface area (Å²) in [6.07, 6.45) is 1.41. The lowest BCUT2D eigenvalue weighted by Gasteiger charge is -2.18. The van der Waals surface area contributed by atoms with E-state index in [4.69, 9.17) is 4.98 Å². The molecule has 31 heavy (non-hydrogen) atoms. The van der Waals surface area contributed by atoms with Crippen LogP contribution in [0.3, 0.4) is 0 Å². The van der Waals surface area contributed by atoms with Crippen molar-refractivity contribution in [1.82, 2.24) is 9.55 Å². The molecule has 1 saturated heterocycles. The summed E-state index contributed by atoms with van der Waals surface area (Å²) in [4.78, 5) is 19.7. The lowest BCUT2D eigenvalue weighted by molar-refractivity contribution is -0.117. The van der Waals surface area contributed by atoms with Gasteiger partial charge in [-0.2, -0.15) is 0 Å². The van der Waals surface area contributed by atoms with E-state index in [2.05, 4.69) is 23.6 Å². The van der Waals surface area contributed by atoms with Gasteiger partial charge in [0.25, 0.3) is 0 Å². The van der Waals surface area contributed by atoms with Crippen molar-refractivity contribution < 1.29 is 9.18 Å². The third-order valence-electron chi connectivity index (χ3n) is 6.08. The van der Waals surface area contributed by atoms with Gasteiger partial charge in [-0.15, -0.1) is 0 Å². The van der Waals surface area contributed by atoms with Crippen LogP contribution in [0.25, 0.3) is 11.0 Å². The van der Waals surface area contributed by atoms with Gasteiger partial charge >= 0.3 is 0 Å². The monoisotopic (exact) mass is 413 g/mol. The minimum atomic E-state index is -0.245. The fourth-order valence-electron chi connectivity index (χ4n) is 4.39. The van der Waals surface area contributed by atoms with Crippen LogP contribution < -0.4 is 4.90 Å². The molecule has 0 spiro atoms. The fraction of sp³-hybridized carbons (Fsp3) is 0.231. The van der Waals surface area contributed by atoms with Crippen LogP contribution in [0.1, 0.15) is 36.2 Å². The van der Waals surface area contributed by atoms with Gasteiger partial charge in [0, 0.05) is 31.1 Å². The molecule has 156 valence electrons. The Labute approximate surface area is 181 Å². The highest BCUT2D eigenvalue weighted by molar-refractivity contribution is 5.96. The van der Waals surface area contributed by atoms with Crippen molar-refractivity contribution in [3.63, 3.8) is 0 Å². The molecule has 1 amide bonds. The molecule has 1 fully saturated rings. The third kappa shape index (κ3) is 3.72. The Morgan fingerprint density at radius 2 is 1.68 bits per heavy atom. The quantitative estimate of drug-likeness (QED) is 0.445. The van der Waals surface area contributed by atoms with Crippen LogP contribution >= 0.6 is 0 Å². The number of rotatable bonds is 5. The van der Waals surface area contributed by atoms with Gasteiger partial charge in [-0.25, -0.2) is 9.37 Å². The van der Waals surface area contributed by atoms with Crippen molar-refractivity contribution in [3.8, 4) is 0 Å². The first-order valence-corrected chi connectivity index (χ1v) is 10.7. The maximum Gasteiger partial charge on any atom is 0.227 e. The number of fused-ring (bicyclic) bond motifs is 1. The van der Waals surface area contributed by atoms with Gasteiger partial charge in [-0.1, -0.05) is 43.3 Å². The van der Waals surface area contributed by atoms with Gasteiger partial charge in [-0.05, 0) is 53.9 Å². The lowest BCUT2D eigenvalue weighted by Crippen LogP contribution is -2.24. The minimum absolute atomic E-state index is 0.00574. The summed E-state index contributed by atoms with van der Waals surface area (Å²) in [5.74, 6) is 0.790. The number of halogens is 1. The van der Waals surface area contributed by atoms with E-state index in [1.807, 2.05) is 41.3 Å². The zero-order valence-electron chi connectivity index (χ0n) is 17.5. The normalized spacial score (nSPS) is 16.4. The smallest absolute Gasteiger partial charge is 0.227 e. The van der Waals surface area contributed by atoms with Crippen LogP contribution in [0, 0.1) is 5.82 Å². The minimum Gasteiger partial charge on any atom is -0.323 e. The van der Waals surface area contributed by atoms with E-state index < -0.39 is 0 Å². The molecule has 1 atom stereocenters. The summed E-state index contributed by atoms with van der Waals surface area (Å²) in [5, 5.41) is 0. The van der Waals surface area contributed by atoms with Crippen molar-refractivity contribution in [2.75, 3.05) is 11.4 Å². The maximum atomic E-state index is 13.4. The molecule has 1 unspecified atom stereocenters. The number of carbonyl (C=O) groups is 1. The molecule has 0 aliphatic carbocycles. The van der Waals surface area contributed by atoms with E-state index in [9.17, 15) is 9.18 Å². The molecule has 0 bridgehead atoms. The first-order valence-electron chi connectivity index (χ1n) is 10.7. The van der Waals surface area contributed by atoms with Crippen LogP contribution in [-0.4, -0.2) is 22.0 Å². The Hall–Kier alpha value is -3.47. The summed E-state index contributed by atoms with van der Waals surface area (Å²) in [6, 6.07) is 22.8. The Morgan fingerprint density at radius 3 is 2.42 bits per heavy atom. The molecule has 5 rings (SSSR count). The first kappa shape index (κ1) is 19.5. The molecule has 1 aliphatic heterocycles. The Morgan fingerprint density at radius 1 is 0.968 bits per heavy atom. The number of imidazole rings is 1. The van der Waals surface area contributed by atoms with Crippen LogP contribution in [0.4, 0.5) is 10.1 Å². The number of amides is 1. The molecule has 0 radical (unpaired) electrons. The zero-order valence-corrected chi connectivity index (χ0v) is 17.5. The summed E-state index contributed by atoms with van der Waals surface area (Å²) >= 11 is 0. The summed E-state index contributed by atoms with van der Waals surface area (Å²) in [7, 11) is 0. The average Bonchev–Trinajstić information content (AvgIpc) is 3.36. The number of anilines is 1. The van der Waals surface area contributed by atoms with Gasteiger partial charge in [0.2, 0.25) is 5.91 Å². The summed E-state index contributed by atoms with van der Waals surface area (Å²) in [6.45, 7) is 3.32. The van der Waals surface area contributed by atoms with Crippen molar-refractivity contribution in [2.45, 2.75) is 32.2 Å². The van der Waals surface area contributed by atoms with Crippen LogP contribution in [0.5, 0.6) is 0 Å². The Balaban J connectivity index is 1.49. The maximum absolute atomic E-state index is 13.4. The third-order valence-corrected chi connectivity index (χ3v) is 6.08. The molecule has 0 N–H and O–H groups in total. The Kier molecular flexibility index (Phi) is 5.02. The predicted octanol–water partition coefficient (Wildman–Crippen LogP) is 5.31. The lowest BCUT2D eigenvalue weighted by atomic mass is 10.1. The van der Waals surface area contributed by atoms with Crippen molar-refractivity contribution in [1.29, 1.82) is 0 Å². The summed E-state index contributed by atoms with van der Waals surface area (Å²) in [5.41, 5.74) is 5.14. The highest BCUT2D eigenvalue weighted by Gasteiger charge is 2.34. The van der Waals surface area contributed by atoms with E-state index in [0.29, 0.717) is 19.5 Å². The highest BCUT2D eigenvalue weighted by atomic mass is 19.1. The Bertz CT molecular complexity index is 1230. The zero-order chi connectivity index (χ0) is 21.4. The first-order chi connectivity index (χ1) is 15.1. The predicted molar refractivity (Wildman–Crippen MR) is 121 cm³/mol. The van der Waals surface area contributed by atoms with Gasteiger partial charge < -0.3 is 9.47 Å². The van der Waals surface area contributed by atoms with Gasteiger partial charge in [0.15, 0.2) is 0 Å². The van der Waals surface area contributed by atoms with Gasteiger partial charge in [0.05, 0.1) is 11.0 Å². The fourth-order valence-corrected chi connectivity index (χ4v) is 4.39. The number of carbonyl (C=O) groups excluding carboxylic acids is 1. The second kappa shape index (κ2) is 7.99. The number of nitrogens with zero attached hydrogens (tertiary/aromatic N) is 3. The summed E-state index contributed by atoms with van der Waals surface area (Å²) < 4.78 is 15.5. The SMILES string of the molecule is CCc1ccc(N2CC(c3nc4ccccc4n3Cc3ccc(F)cc3)CC2=O)cc1. The second-order valence-corrected chi connectivity index (χ2v) is 8.10. The molecular formula is C26H24FN3O. The number of benzene rings is 3. The number of hydrogen-bond donors (Lipinski definition) is 0. The molecule has 4 nitrogen and oxygen atoms in total. The van der Waals surface area contributed by atoms with Gasteiger partial charge in [0.1, 0.15) is 11.6 Å². The van der Waals surface area contributed by atoms with E-state index in [1.54, 1.807) is 12.1 Å². The van der Waals surface area contributed by atoms with E-state index in [-0.39, 0.29) is 17.6 Å². The number of aryl methyl sites for hydroxylation is 1. The topological polar surface area (TPSA) is 38.1 Å². The number of hydrogen-bond acceptors (Lipinski definition) is 2. The van der Waals surface area contributed by atoms with Crippen molar-refractivity contribution >= 4 is 22.6 Å². The standard InChI is InChI=1S/C26H24FN3O/c1-2-18-9-13-22(14-10-18)29-17-20(15-25(29)31)26-28-23-5-3-4-6-24(23)30(26)16-19-7-11-21(27)12-8-19/h3-14,20H,2,15-17H2,1H3. The molecule has 0 saturated carbocycles.